The first-order valence-electron chi connectivity index (χ1n) is 7.54. The number of halogens is 4. The van der Waals surface area contributed by atoms with Crippen LogP contribution in [0.4, 0.5) is 17.6 Å². The summed E-state index contributed by atoms with van der Waals surface area (Å²) >= 11 is 0. The van der Waals surface area contributed by atoms with E-state index < -0.39 is 34.6 Å². The molecule has 0 atom stereocenters. The molecule has 0 fully saturated rings. The lowest BCUT2D eigenvalue weighted by Crippen LogP contribution is -2.22. The Kier molecular flexibility index (Phi) is 5.81. The zero-order valence-electron chi connectivity index (χ0n) is 13.4. The zero-order valence-corrected chi connectivity index (χ0v) is 13.4. The molecule has 0 amide bonds. The highest BCUT2D eigenvalue weighted by atomic mass is 19.3. The number of aryl methyl sites for hydroxylation is 1. The molecular weight excluding hydrogens is 334 g/mol. The van der Waals surface area contributed by atoms with Crippen LogP contribution in [0.3, 0.4) is 0 Å². The van der Waals surface area contributed by atoms with Crippen molar-refractivity contribution < 1.29 is 22.3 Å². The monoisotopic (exact) mass is 349 g/mol. The number of nitrogens with zero attached hydrogens (tertiary/aromatic N) is 1. The Morgan fingerprint density at radius 2 is 1.72 bits per heavy atom. The summed E-state index contributed by atoms with van der Waals surface area (Å²) in [6.45, 7) is 1.90. The molecule has 0 spiro atoms. The van der Waals surface area contributed by atoms with Crippen LogP contribution < -0.4 is 4.74 Å². The molecule has 0 aliphatic rings. The number of ether oxygens (including phenoxy) is 1. The molecule has 25 heavy (non-hydrogen) atoms. The van der Waals surface area contributed by atoms with Crippen molar-refractivity contribution >= 4 is 0 Å². The molecule has 0 saturated heterocycles. The predicted octanol–water partition coefficient (Wildman–Crippen LogP) is 5.47. The predicted molar refractivity (Wildman–Crippen MR) is 85.2 cm³/mol. The van der Waals surface area contributed by atoms with Crippen molar-refractivity contribution in [3.63, 3.8) is 0 Å². The molecule has 0 heterocycles. The summed E-state index contributed by atoms with van der Waals surface area (Å²) in [7, 11) is 0. The van der Waals surface area contributed by atoms with Crippen LogP contribution in [-0.4, -0.2) is 0 Å². The van der Waals surface area contributed by atoms with Gasteiger partial charge in [0, 0.05) is 12.1 Å². The highest BCUT2D eigenvalue weighted by Gasteiger charge is 2.35. The van der Waals surface area contributed by atoms with Crippen molar-refractivity contribution in [2.24, 2.45) is 0 Å². The highest BCUT2D eigenvalue weighted by Crippen LogP contribution is 2.33. The van der Waals surface area contributed by atoms with Crippen molar-refractivity contribution in [3.05, 3.63) is 76.9 Å². The summed E-state index contributed by atoms with van der Waals surface area (Å²) < 4.78 is 59.8. The number of benzene rings is 2. The van der Waals surface area contributed by atoms with E-state index in [1.54, 1.807) is 12.1 Å². The van der Waals surface area contributed by atoms with Crippen molar-refractivity contribution in [2.75, 3.05) is 0 Å². The molecule has 0 radical (unpaired) electrons. The Hall–Kier alpha value is -2.81. The molecular formula is C19H15F4NO. The van der Waals surface area contributed by atoms with E-state index in [-0.39, 0.29) is 0 Å². The van der Waals surface area contributed by atoms with E-state index in [0.29, 0.717) is 18.6 Å². The van der Waals surface area contributed by atoms with E-state index in [1.807, 2.05) is 19.1 Å². The molecule has 0 saturated carbocycles. The van der Waals surface area contributed by atoms with Crippen LogP contribution >= 0.6 is 0 Å². The van der Waals surface area contributed by atoms with Crippen molar-refractivity contribution in [1.29, 1.82) is 5.26 Å². The van der Waals surface area contributed by atoms with E-state index in [9.17, 15) is 17.6 Å². The summed E-state index contributed by atoms with van der Waals surface area (Å²) in [5, 5.41) is 8.58. The Morgan fingerprint density at radius 1 is 1.12 bits per heavy atom. The van der Waals surface area contributed by atoms with Crippen LogP contribution in [0.25, 0.3) is 0 Å². The Bertz CT molecular complexity index is 784. The Morgan fingerprint density at radius 3 is 2.24 bits per heavy atom. The van der Waals surface area contributed by atoms with E-state index in [2.05, 4.69) is 4.74 Å². The molecule has 130 valence electrons. The third-order valence-electron chi connectivity index (χ3n) is 3.50. The molecule has 2 nitrogen and oxygen atoms in total. The fourth-order valence-corrected chi connectivity index (χ4v) is 2.20. The van der Waals surface area contributed by atoms with Gasteiger partial charge in [-0.15, -0.1) is 0 Å². The molecule has 6 heteroatoms. The SMILES string of the molecule is C/C=C/CCc1ccc(C(F)(F)Oc2cc(F)c(C#N)c(F)c2)cc1. The van der Waals surface area contributed by atoms with Gasteiger partial charge in [0.25, 0.3) is 0 Å². The van der Waals surface area contributed by atoms with E-state index in [4.69, 9.17) is 5.26 Å². The van der Waals surface area contributed by atoms with Gasteiger partial charge in [-0.3, -0.25) is 0 Å². The molecule has 0 N–H and O–H groups in total. The maximum Gasteiger partial charge on any atom is 0.426 e. The third kappa shape index (κ3) is 4.60. The lowest BCUT2D eigenvalue weighted by molar-refractivity contribution is -0.185. The number of hydrogen-bond acceptors (Lipinski definition) is 2. The highest BCUT2D eigenvalue weighted by molar-refractivity contribution is 5.38. The maximum atomic E-state index is 14.2. The second-order valence-electron chi connectivity index (χ2n) is 5.30. The molecule has 0 aliphatic heterocycles. The normalized spacial score (nSPS) is 11.5. The van der Waals surface area contributed by atoms with Crippen LogP contribution in [0, 0.1) is 23.0 Å². The first kappa shape index (κ1) is 18.5. The summed E-state index contributed by atoms with van der Waals surface area (Å²) in [6, 6.07) is 7.95. The Balaban J connectivity index is 2.17. The average Bonchev–Trinajstić information content (AvgIpc) is 2.55. The van der Waals surface area contributed by atoms with E-state index in [0.717, 1.165) is 12.0 Å². The first-order valence-corrected chi connectivity index (χ1v) is 7.54. The summed E-state index contributed by atoms with van der Waals surface area (Å²) in [6.07, 6.45) is 1.62. The number of alkyl halides is 2. The van der Waals surface area contributed by atoms with E-state index >= 15 is 0 Å². The van der Waals surface area contributed by atoms with Gasteiger partial charge in [0.2, 0.25) is 0 Å². The van der Waals surface area contributed by atoms with Crippen LogP contribution in [0.2, 0.25) is 0 Å². The minimum absolute atomic E-state index is 0.438. The fraction of sp³-hybridized carbons (Fsp3) is 0.211. The number of nitriles is 1. The number of rotatable bonds is 6. The van der Waals surface area contributed by atoms with Crippen LogP contribution in [-0.2, 0) is 12.5 Å². The third-order valence-corrected chi connectivity index (χ3v) is 3.50. The number of allylic oxidation sites excluding steroid dienone is 2. The topological polar surface area (TPSA) is 33.0 Å². The fourth-order valence-electron chi connectivity index (χ4n) is 2.20. The smallest absolute Gasteiger partial charge is 0.426 e. The molecule has 2 rings (SSSR count). The quantitative estimate of drug-likeness (QED) is 0.511. The van der Waals surface area contributed by atoms with Gasteiger partial charge in [-0.05, 0) is 37.5 Å². The Labute approximate surface area is 143 Å². The minimum atomic E-state index is -3.77. The first-order chi connectivity index (χ1) is 11.9. The zero-order chi connectivity index (χ0) is 18.4. The largest absolute Gasteiger partial charge is 0.429 e. The maximum absolute atomic E-state index is 14.2. The van der Waals surface area contributed by atoms with Gasteiger partial charge < -0.3 is 4.74 Å². The molecule has 0 aromatic heterocycles. The molecule has 2 aromatic carbocycles. The van der Waals surface area contributed by atoms with E-state index in [1.165, 1.54) is 18.2 Å². The van der Waals surface area contributed by atoms with Gasteiger partial charge in [-0.1, -0.05) is 24.3 Å². The lowest BCUT2D eigenvalue weighted by Gasteiger charge is -2.19. The van der Waals surface area contributed by atoms with Crippen molar-refractivity contribution in [1.82, 2.24) is 0 Å². The second kappa shape index (κ2) is 7.84. The van der Waals surface area contributed by atoms with Gasteiger partial charge in [0.15, 0.2) is 0 Å². The van der Waals surface area contributed by atoms with Gasteiger partial charge in [-0.25, -0.2) is 8.78 Å². The van der Waals surface area contributed by atoms with Crippen LogP contribution in [0.1, 0.15) is 30.0 Å². The summed E-state index contributed by atoms with van der Waals surface area (Å²) in [5.41, 5.74) is -0.401. The lowest BCUT2D eigenvalue weighted by atomic mass is 10.1. The summed E-state index contributed by atoms with van der Waals surface area (Å²) in [4.78, 5) is 0. The molecule has 2 aromatic rings. The van der Waals surface area contributed by atoms with Gasteiger partial charge in [0.1, 0.15) is 29.0 Å². The van der Waals surface area contributed by atoms with Crippen LogP contribution in [0.15, 0.2) is 48.6 Å². The second-order valence-corrected chi connectivity index (χ2v) is 5.30. The van der Waals surface area contributed by atoms with Crippen molar-refractivity contribution in [2.45, 2.75) is 25.9 Å². The average molecular weight is 349 g/mol. The van der Waals surface area contributed by atoms with Gasteiger partial charge in [-0.2, -0.15) is 14.0 Å². The number of hydrogen-bond donors (Lipinski definition) is 0. The van der Waals surface area contributed by atoms with Gasteiger partial charge >= 0.3 is 6.11 Å². The molecule has 0 unspecified atom stereocenters. The summed E-state index contributed by atoms with van der Waals surface area (Å²) in [5.74, 6) is -3.21. The minimum Gasteiger partial charge on any atom is -0.429 e. The van der Waals surface area contributed by atoms with Crippen LogP contribution in [0.5, 0.6) is 5.75 Å². The molecule has 0 bridgehead atoms. The van der Waals surface area contributed by atoms with Gasteiger partial charge in [0.05, 0.1) is 5.56 Å². The van der Waals surface area contributed by atoms with Crippen molar-refractivity contribution in [3.8, 4) is 11.8 Å². The standard InChI is InChI=1S/C19H15F4NO/c1-2-3-4-5-13-6-8-14(9-7-13)19(22,23)25-15-10-17(20)16(12-24)18(21)11-15/h2-3,6-11H,4-5H2,1H3/b3-2+. The molecule has 0 aliphatic carbocycles.